The Balaban J connectivity index is 1.58. The number of carbonyl (C=O) groups is 2. The molecule has 2 amide bonds. The molecule has 5 nitrogen and oxygen atoms in total. The van der Waals surface area contributed by atoms with E-state index in [1.54, 1.807) is 0 Å². The van der Waals surface area contributed by atoms with Crippen LogP contribution in [0.3, 0.4) is 0 Å². The van der Waals surface area contributed by atoms with Crippen LogP contribution in [0.1, 0.15) is 32.6 Å². The lowest BCUT2D eigenvalue weighted by Gasteiger charge is -2.19. The van der Waals surface area contributed by atoms with Crippen LogP contribution in [0.25, 0.3) is 10.2 Å². The molecule has 0 radical (unpaired) electrons. The number of hydrogen-bond donors (Lipinski definition) is 0. The van der Waals surface area contributed by atoms with Gasteiger partial charge in [0.25, 0.3) is 5.91 Å². The number of fused-ring (bicyclic) bond motifs is 1. The summed E-state index contributed by atoms with van der Waals surface area (Å²) >= 11 is 2.90. The number of amides is 2. The maximum atomic E-state index is 12.3. The Hall–Kier alpha value is -1.60. The van der Waals surface area contributed by atoms with Crippen LogP contribution >= 0.6 is 23.1 Å². The number of thiazole rings is 1. The van der Waals surface area contributed by atoms with Gasteiger partial charge in [0.1, 0.15) is 0 Å². The Bertz CT molecular complexity index is 833. The van der Waals surface area contributed by atoms with Crippen molar-refractivity contribution < 1.29 is 9.59 Å². The molecule has 2 aromatic rings. The maximum absolute atomic E-state index is 12.3. The predicted octanol–water partition coefficient (Wildman–Crippen LogP) is 3.29. The average Bonchev–Trinajstić information content (AvgIpc) is 2.81. The van der Waals surface area contributed by atoms with E-state index in [2.05, 4.69) is 16.5 Å². The average molecular weight is 392 g/mol. The molecule has 1 aromatic heterocycles. The second-order valence-corrected chi connectivity index (χ2v) is 8.38. The van der Waals surface area contributed by atoms with Crippen molar-refractivity contribution in [2.75, 3.05) is 24.6 Å². The molecule has 1 fully saturated rings. The summed E-state index contributed by atoms with van der Waals surface area (Å²) in [7, 11) is 0. The molecule has 0 bridgehead atoms. The standard InChI is InChI=1S/C19H25N3O2S2/c1-2-22-15-9-5-6-10-16(15)26-19(22)20-17(23)13-25-14-18(24)21-11-7-3-4-8-12-21/h5-6,9-10H,2-4,7-8,11-14H2,1H3. The Kier molecular flexibility index (Phi) is 6.91. The molecule has 7 heteroatoms. The SMILES string of the molecule is CCn1c(=NC(=O)CSCC(=O)N2CCCCCC2)sc2ccccc21. The third-order valence-corrected chi connectivity index (χ3v) is 6.50. The molecule has 140 valence electrons. The van der Waals surface area contributed by atoms with Crippen LogP contribution in [-0.4, -0.2) is 45.9 Å². The molecule has 0 saturated carbocycles. The zero-order valence-electron chi connectivity index (χ0n) is 15.1. The normalized spacial score (nSPS) is 16.0. The number of thioether (sulfide) groups is 1. The van der Waals surface area contributed by atoms with Crippen LogP contribution in [-0.2, 0) is 16.1 Å². The second kappa shape index (κ2) is 9.37. The largest absolute Gasteiger partial charge is 0.342 e. The molecule has 1 aliphatic rings. The van der Waals surface area contributed by atoms with E-state index in [1.807, 2.05) is 29.2 Å². The Morgan fingerprint density at radius 2 is 1.85 bits per heavy atom. The fraction of sp³-hybridized carbons (Fsp3) is 0.526. The lowest BCUT2D eigenvalue weighted by Crippen LogP contribution is -2.33. The molecule has 0 spiro atoms. The Labute approximate surface area is 162 Å². The molecule has 26 heavy (non-hydrogen) atoms. The Morgan fingerprint density at radius 1 is 1.12 bits per heavy atom. The quantitative estimate of drug-likeness (QED) is 0.786. The zero-order chi connectivity index (χ0) is 18.4. The van der Waals surface area contributed by atoms with E-state index < -0.39 is 0 Å². The second-order valence-electron chi connectivity index (χ2n) is 6.39. The molecule has 1 aliphatic heterocycles. The smallest absolute Gasteiger partial charge is 0.258 e. The van der Waals surface area contributed by atoms with Crippen LogP contribution in [0.5, 0.6) is 0 Å². The molecule has 1 saturated heterocycles. The third kappa shape index (κ3) is 4.76. The molecule has 2 heterocycles. The number of aromatic nitrogens is 1. The maximum Gasteiger partial charge on any atom is 0.258 e. The molecule has 0 unspecified atom stereocenters. The van der Waals surface area contributed by atoms with Crippen molar-refractivity contribution in [3.8, 4) is 0 Å². The first-order valence-electron chi connectivity index (χ1n) is 9.20. The minimum absolute atomic E-state index is 0.148. The summed E-state index contributed by atoms with van der Waals surface area (Å²) in [6.07, 6.45) is 4.60. The van der Waals surface area contributed by atoms with Gasteiger partial charge in [0.05, 0.1) is 21.7 Å². The molecule has 0 aliphatic carbocycles. The number of likely N-dealkylation sites (tertiary alicyclic amines) is 1. The predicted molar refractivity (Wildman–Crippen MR) is 108 cm³/mol. The number of hydrogen-bond acceptors (Lipinski definition) is 4. The highest BCUT2D eigenvalue weighted by atomic mass is 32.2. The number of para-hydroxylation sites is 1. The van der Waals surface area contributed by atoms with E-state index in [4.69, 9.17) is 0 Å². The zero-order valence-corrected chi connectivity index (χ0v) is 16.8. The van der Waals surface area contributed by atoms with Crippen molar-refractivity contribution in [2.24, 2.45) is 4.99 Å². The highest BCUT2D eigenvalue weighted by Gasteiger charge is 2.15. The van der Waals surface area contributed by atoms with Crippen LogP contribution < -0.4 is 4.80 Å². The van der Waals surface area contributed by atoms with Gasteiger partial charge in [-0.1, -0.05) is 36.3 Å². The van der Waals surface area contributed by atoms with Crippen molar-refractivity contribution in [1.82, 2.24) is 9.47 Å². The van der Waals surface area contributed by atoms with Crippen LogP contribution in [0, 0.1) is 0 Å². The van der Waals surface area contributed by atoms with Crippen molar-refractivity contribution in [1.29, 1.82) is 0 Å². The highest BCUT2D eigenvalue weighted by molar-refractivity contribution is 8.00. The lowest BCUT2D eigenvalue weighted by molar-refractivity contribution is -0.128. The summed E-state index contributed by atoms with van der Waals surface area (Å²) < 4.78 is 3.19. The van der Waals surface area contributed by atoms with Gasteiger partial charge in [0.15, 0.2) is 4.80 Å². The summed E-state index contributed by atoms with van der Waals surface area (Å²) in [6.45, 7) is 4.54. The van der Waals surface area contributed by atoms with Gasteiger partial charge in [0.2, 0.25) is 5.91 Å². The van der Waals surface area contributed by atoms with Gasteiger partial charge < -0.3 is 9.47 Å². The lowest BCUT2D eigenvalue weighted by atomic mass is 10.2. The number of benzene rings is 1. The van der Waals surface area contributed by atoms with Crippen molar-refractivity contribution in [3.63, 3.8) is 0 Å². The summed E-state index contributed by atoms with van der Waals surface area (Å²) in [5.74, 6) is 0.585. The van der Waals surface area contributed by atoms with E-state index >= 15 is 0 Å². The first kappa shape index (κ1) is 19.2. The summed E-state index contributed by atoms with van der Waals surface area (Å²) in [6, 6.07) is 8.09. The van der Waals surface area contributed by atoms with Gasteiger partial charge >= 0.3 is 0 Å². The number of aryl methyl sites for hydroxylation is 1. The van der Waals surface area contributed by atoms with Gasteiger partial charge in [-0.05, 0) is 31.9 Å². The number of nitrogens with zero attached hydrogens (tertiary/aromatic N) is 3. The van der Waals surface area contributed by atoms with E-state index in [1.165, 1.54) is 35.9 Å². The third-order valence-electron chi connectivity index (χ3n) is 4.53. The van der Waals surface area contributed by atoms with E-state index in [-0.39, 0.29) is 17.6 Å². The van der Waals surface area contributed by atoms with E-state index in [0.717, 1.165) is 47.5 Å². The number of carbonyl (C=O) groups excluding carboxylic acids is 2. The van der Waals surface area contributed by atoms with E-state index in [9.17, 15) is 9.59 Å². The molecular weight excluding hydrogens is 366 g/mol. The minimum atomic E-state index is -0.174. The van der Waals surface area contributed by atoms with Gasteiger partial charge in [-0.15, -0.1) is 11.8 Å². The molecule has 3 rings (SSSR count). The highest BCUT2D eigenvalue weighted by Crippen LogP contribution is 2.16. The van der Waals surface area contributed by atoms with Crippen LogP contribution in [0.15, 0.2) is 29.3 Å². The van der Waals surface area contributed by atoms with Crippen molar-refractivity contribution in [2.45, 2.75) is 39.2 Å². The summed E-state index contributed by atoms with van der Waals surface area (Å²) in [5.41, 5.74) is 1.11. The first-order valence-corrected chi connectivity index (χ1v) is 11.2. The summed E-state index contributed by atoms with van der Waals surface area (Å²) in [5, 5.41) is 0. The molecular formula is C19H25N3O2S2. The summed E-state index contributed by atoms with van der Waals surface area (Å²) in [4.78, 5) is 31.5. The van der Waals surface area contributed by atoms with Gasteiger partial charge in [-0.2, -0.15) is 4.99 Å². The molecule has 0 atom stereocenters. The van der Waals surface area contributed by atoms with Crippen molar-refractivity contribution >= 4 is 45.1 Å². The van der Waals surface area contributed by atoms with Gasteiger partial charge in [-0.3, -0.25) is 9.59 Å². The van der Waals surface area contributed by atoms with E-state index in [0.29, 0.717) is 5.75 Å². The fourth-order valence-corrected chi connectivity index (χ4v) is 5.00. The van der Waals surface area contributed by atoms with Crippen molar-refractivity contribution in [3.05, 3.63) is 29.1 Å². The first-order chi connectivity index (χ1) is 12.7. The molecule has 0 N–H and O–H groups in total. The van der Waals surface area contributed by atoms with Crippen LogP contribution in [0.2, 0.25) is 0 Å². The Morgan fingerprint density at radius 3 is 2.58 bits per heavy atom. The monoisotopic (exact) mass is 391 g/mol. The van der Waals surface area contributed by atoms with Gasteiger partial charge in [0, 0.05) is 19.6 Å². The van der Waals surface area contributed by atoms with Crippen LogP contribution in [0.4, 0.5) is 0 Å². The topological polar surface area (TPSA) is 54.7 Å². The molecule has 1 aromatic carbocycles. The minimum Gasteiger partial charge on any atom is -0.342 e. The number of rotatable bonds is 5. The fourth-order valence-electron chi connectivity index (χ4n) is 3.19. The van der Waals surface area contributed by atoms with Gasteiger partial charge in [-0.25, -0.2) is 0 Å².